The first kappa shape index (κ1) is 19.2. The number of carbonyl (C=O) groups is 2. The largest absolute Gasteiger partial charge is 0.457 e. The summed E-state index contributed by atoms with van der Waals surface area (Å²) in [6.07, 6.45) is 2.49. The molecule has 2 aliphatic rings. The molecule has 7 heteroatoms. The summed E-state index contributed by atoms with van der Waals surface area (Å²) in [5, 5.41) is 1.77. The smallest absolute Gasteiger partial charge is 0.293 e. The van der Waals surface area contributed by atoms with E-state index in [0.717, 1.165) is 44.8 Å². The van der Waals surface area contributed by atoms with Crippen LogP contribution in [0.5, 0.6) is 0 Å². The van der Waals surface area contributed by atoms with Crippen LogP contribution in [0.15, 0.2) is 67.7 Å². The Kier molecular flexibility index (Phi) is 4.79. The lowest BCUT2D eigenvalue weighted by Crippen LogP contribution is -2.34. The Hall–Kier alpha value is -2.77. The number of carbonyl (C=O) groups excluding carboxylic acids is 2. The third kappa shape index (κ3) is 3.48. The van der Waals surface area contributed by atoms with Gasteiger partial charge in [-0.25, -0.2) is 4.99 Å². The molecule has 150 valence electrons. The van der Waals surface area contributed by atoms with Crippen LogP contribution in [0, 0.1) is 0 Å². The molecule has 1 saturated heterocycles. The standard InChI is InChI=1S/C23H18N2O3S2/c1-13(2)25-22(26)20(30-23(25)27)11-16-9-15-7-8-17(12-19(15)28-16)29-21-10-14-5-3-4-6-18(14)24-21/h3-9,11-13H,10H2,1-2H3/b20-11-. The van der Waals surface area contributed by atoms with E-state index < -0.39 is 0 Å². The van der Waals surface area contributed by atoms with Crippen molar-refractivity contribution in [2.45, 2.75) is 31.2 Å². The summed E-state index contributed by atoms with van der Waals surface area (Å²) in [4.78, 5) is 32.0. The summed E-state index contributed by atoms with van der Waals surface area (Å²) in [5.74, 6) is 0.294. The fourth-order valence-corrected chi connectivity index (χ4v) is 5.41. The number of hydrogen-bond donors (Lipinski definition) is 0. The molecule has 0 radical (unpaired) electrons. The van der Waals surface area contributed by atoms with Gasteiger partial charge in [0.05, 0.1) is 15.6 Å². The first-order valence-electron chi connectivity index (χ1n) is 9.62. The first-order valence-corrected chi connectivity index (χ1v) is 11.3. The summed E-state index contributed by atoms with van der Waals surface area (Å²) in [6, 6.07) is 15.9. The predicted molar refractivity (Wildman–Crippen MR) is 122 cm³/mol. The molecule has 0 spiro atoms. The van der Waals surface area contributed by atoms with Gasteiger partial charge in [-0.15, -0.1) is 0 Å². The molecule has 1 aromatic heterocycles. The molecule has 0 bridgehead atoms. The van der Waals surface area contributed by atoms with Gasteiger partial charge < -0.3 is 4.42 Å². The normalized spacial score (nSPS) is 17.5. The molecule has 0 saturated carbocycles. The third-order valence-corrected chi connectivity index (χ3v) is 6.78. The lowest BCUT2D eigenvalue weighted by Gasteiger charge is -2.16. The number of rotatable bonds is 3. The van der Waals surface area contributed by atoms with Gasteiger partial charge in [0.1, 0.15) is 11.3 Å². The van der Waals surface area contributed by atoms with Crippen molar-refractivity contribution < 1.29 is 14.0 Å². The number of aliphatic imine (C=N–C) groups is 1. The van der Waals surface area contributed by atoms with Crippen LogP contribution in [0.25, 0.3) is 17.0 Å². The number of fused-ring (bicyclic) bond motifs is 2. The van der Waals surface area contributed by atoms with E-state index in [9.17, 15) is 9.59 Å². The van der Waals surface area contributed by atoms with E-state index >= 15 is 0 Å². The Bertz CT molecular complexity index is 1260. The number of furan rings is 1. The second-order valence-corrected chi connectivity index (χ2v) is 9.55. The number of hydrogen-bond acceptors (Lipinski definition) is 6. The Morgan fingerprint density at radius 3 is 2.77 bits per heavy atom. The number of para-hydroxylation sites is 1. The van der Waals surface area contributed by atoms with Crippen LogP contribution in [0.1, 0.15) is 25.2 Å². The zero-order valence-electron chi connectivity index (χ0n) is 16.4. The van der Waals surface area contributed by atoms with Crippen molar-refractivity contribution in [2.75, 3.05) is 0 Å². The van der Waals surface area contributed by atoms with Crippen LogP contribution >= 0.6 is 23.5 Å². The first-order chi connectivity index (χ1) is 14.5. The lowest BCUT2D eigenvalue weighted by molar-refractivity contribution is -0.123. The van der Waals surface area contributed by atoms with Gasteiger partial charge in [-0.3, -0.25) is 14.5 Å². The molecule has 5 nitrogen and oxygen atoms in total. The van der Waals surface area contributed by atoms with Gasteiger partial charge in [0.2, 0.25) is 0 Å². The Morgan fingerprint density at radius 1 is 1.17 bits per heavy atom. The molecule has 1 fully saturated rings. The zero-order chi connectivity index (χ0) is 20.8. The summed E-state index contributed by atoms with van der Waals surface area (Å²) in [5.41, 5.74) is 3.03. The lowest BCUT2D eigenvalue weighted by atomic mass is 10.2. The van der Waals surface area contributed by atoms with Crippen molar-refractivity contribution in [1.29, 1.82) is 0 Å². The Labute approximate surface area is 182 Å². The molecule has 0 aliphatic carbocycles. The fraction of sp³-hybridized carbons (Fsp3) is 0.174. The molecule has 0 unspecified atom stereocenters. The Morgan fingerprint density at radius 2 is 2.00 bits per heavy atom. The average molecular weight is 435 g/mol. The van der Waals surface area contributed by atoms with Gasteiger partial charge in [0, 0.05) is 28.8 Å². The minimum atomic E-state index is -0.268. The highest BCUT2D eigenvalue weighted by atomic mass is 32.2. The van der Waals surface area contributed by atoms with Gasteiger partial charge in [-0.2, -0.15) is 0 Å². The van der Waals surface area contributed by atoms with E-state index in [0.29, 0.717) is 10.7 Å². The van der Waals surface area contributed by atoms with Crippen LogP contribution in [0.2, 0.25) is 0 Å². The maximum Gasteiger partial charge on any atom is 0.293 e. The van der Waals surface area contributed by atoms with Crippen LogP contribution < -0.4 is 0 Å². The topological polar surface area (TPSA) is 62.9 Å². The molecule has 3 heterocycles. The average Bonchev–Trinajstić information content (AvgIpc) is 3.36. The van der Waals surface area contributed by atoms with Gasteiger partial charge >= 0.3 is 0 Å². The second kappa shape index (κ2) is 7.49. The quantitative estimate of drug-likeness (QED) is 0.456. The molecule has 30 heavy (non-hydrogen) atoms. The van der Waals surface area contributed by atoms with Gasteiger partial charge in [0.15, 0.2) is 0 Å². The fourth-order valence-electron chi connectivity index (χ4n) is 3.52. The number of benzene rings is 2. The van der Waals surface area contributed by atoms with E-state index in [1.54, 1.807) is 17.8 Å². The van der Waals surface area contributed by atoms with E-state index in [4.69, 9.17) is 9.41 Å². The van der Waals surface area contributed by atoms with Gasteiger partial charge in [0.25, 0.3) is 11.1 Å². The van der Waals surface area contributed by atoms with Gasteiger partial charge in [-0.05, 0) is 61.5 Å². The molecule has 2 aromatic carbocycles. The molecular weight excluding hydrogens is 416 g/mol. The highest BCUT2D eigenvalue weighted by Crippen LogP contribution is 2.36. The van der Waals surface area contributed by atoms with Crippen molar-refractivity contribution in [3.8, 4) is 0 Å². The minimum Gasteiger partial charge on any atom is -0.457 e. The van der Waals surface area contributed by atoms with Crippen LogP contribution in [-0.2, 0) is 11.2 Å². The SMILES string of the molecule is CC(C)N1C(=O)S/C(=C\c2cc3ccc(SC4=Nc5ccccc5C4)cc3o2)C1=O. The summed E-state index contributed by atoms with van der Waals surface area (Å²) < 4.78 is 5.95. The van der Waals surface area contributed by atoms with Crippen molar-refractivity contribution in [3.63, 3.8) is 0 Å². The van der Waals surface area contributed by atoms with Crippen LogP contribution in [-0.4, -0.2) is 27.1 Å². The monoisotopic (exact) mass is 434 g/mol. The number of nitrogens with zero attached hydrogens (tertiary/aromatic N) is 2. The van der Waals surface area contributed by atoms with Crippen molar-refractivity contribution in [3.05, 3.63) is 64.8 Å². The van der Waals surface area contributed by atoms with Gasteiger partial charge in [-0.1, -0.05) is 30.0 Å². The van der Waals surface area contributed by atoms with E-state index in [1.165, 1.54) is 10.5 Å². The van der Waals surface area contributed by atoms with Crippen LogP contribution in [0.4, 0.5) is 10.5 Å². The molecule has 0 N–H and O–H groups in total. The van der Waals surface area contributed by atoms with Crippen molar-refractivity contribution in [1.82, 2.24) is 4.90 Å². The zero-order valence-corrected chi connectivity index (χ0v) is 18.0. The maximum absolute atomic E-state index is 12.5. The molecule has 2 amide bonds. The molecule has 5 rings (SSSR count). The summed E-state index contributed by atoms with van der Waals surface area (Å²) in [6.45, 7) is 3.65. The predicted octanol–water partition coefficient (Wildman–Crippen LogP) is 6.26. The van der Waals surface area contributed by atoms with E-state index in [1.807, 2.05) is 56.3 Å². The number of amides is 2. The molecule has 0 atom stereocenters. The Balaban J connectivity index is 1.38. The van der Waals surface area contributed by atoms with E-state index in [2.05, 4.69) is 6.07 Å². The number of imide groups is 1. The van der Waals surface area contributed by atoms with Crippen molar-refractivity contribution >= 4 is 62.4 Å². The number of thioether (sulfide) groups is 2. The van der Waals surface area contributed by atoms with E-state index in [-0.39, 0.29) is 17.2 Å². The highest BCUT2D eigenvalue weighted by molar-refractivity contribution is 8.18. The summed E-state index contributed by atoms with van der Waals surface area (Å²) >= 11 is 2.59. The van der Waals surface area contributed by atoms with Crippen LogP contribution in [0.3, 0.4) is 0 Å². The summed E-state index contributed by atoms with van der Waals surface area (Å²) in [7, 11) is 0. The van der Waals surface area contributed by atoms with Crippen molar-refractivity contribution in [2.24, 2.45) is 4.99 Å². The molecule has 2 aliphatic heterocycles. The second-order valence-electron chi connectivity index (χ2n) is 7.41. The third-order valence-electron chi connectivity index (χ3n) is 4.94. The highest BCUT2D eigenvalue weighted by Gasteiger charge is 2.36. The molecule has 3 aromatic rings. The molecular formula is C23H18N2O3S2. The maximum atomic E-state index is 12.5. The minimum absolute atomic E-state index is 0.164.